The molecule has 1 rings (SSSR count). The molecule has 0 atom stereocenters. The second kappa shape index (κ2) is 6.24. The number of hydrogen-bond donors (Lipinski definition) is 2. The molecule has 0 aromatic heterocycles. The molecular weight excluding hydrogens is 233 g/mol. The Bertz CT molecular complexity index is 387. The standard InChI is InChI=1S/C11H13F3N2O/c1-15-3-2-4-16-11(17)7-5-8(12)10(14)9(13)6-7/h5-6,15H,2-4H2,1H3,(H,16,17). The van der Waals surface area contributed by atoms with Gasteiger partial charge in [-0.15, -0.1) is 0 Å². The highest BCUT2D eigenvalue weighted by Gasteiger charge is 2.14. The molecular formula is C11H13F3N2O. The van der Waals surface area contributed by atoms with Gasteiger partial charge in [-0.05, 0) is 32.1 Å². The Morgan fingerprint density at radius 3 is 2.29 bits per heavy atom. The lowest BCUT2D eigenvalue weighted by Gasteiger charge is -2.05. The lowest BCUT2D eigenvalue weighted by atomic mass is 10.2. The van der Waals surface area contributed by atoms with Crippen LogP contribution in [0.15, 0.2) is 12.1 Å². The van der Waals surface area contributed by atoms with Crippen molar-refractivity contribution in [3.05, 3.63) is 35.1 Å². The summed E-state index contributed by atoms with van der Waals surface area (Å²) in [6.07, 6.45) is 0.689. The topological polar surface area (TPSA) is 41.1 Å². The summed E-state index contributed by atoms with van der Waals surface area (Å²) in [6, 6.07) is 1.34. The van der Waals surface area contributed by atoms with Crippen molar-refractivity contribution in [3.63, 3.8) is 0 Å². The molecule has 2 N–H and O–H groups in total. The zero-order valence-electron chi connectivity index (χ0n) is 9.32. The maximum absolute atomic E-state index is 12.8. The smallest absolute Gasteiger partial charge is 0.251 e. The molecule has 0 unspecified atom stereocenters. The molecule has 0 aliphatic rings. The molecule has 94 valence electrons. The third-order valence-electron chi connectivity index (χ3n) is 2.14. The van der Waals surface area contributed by atoms with Gasteiger partial charge in [0.1, 0.15) is 0 Å². The van der Waals surface area contributed by atoms with Crippen molar-refractivity contribution >= 4 is 5.91 Å². The fourth-order valence-electron chi connectivity index (χ4n) is 1.26. The normalized spacial score (nSPS) is 10.4. The summed E-state index contributed by atoms with van der Waals surface area (Å²) in [5.74, 6) is -4.94. The van der Waals surface area contributed by atoms with Gasteiger partial charge in [0.05, 0.1) is 0 Å². The van der Waals surface area contributed by atoms with E-state index in [2.05, 4.69) is 10.6 Å². The Labute approximate surface area is 97.0 Å². The number of hydrogen-bond acceptors (Lipinski definition) is 2. The average molecular weight is 246 g/mol. The number of halogens is 3. The van der Waals surface area contributed by atoms with Gasteiger partial charge in [-0.1, -0.05) is 0 Å². The molecule has 0 fully saturated rings. The van der Waals surface area contributed by atoms with Crippen molar-refractivity contribution in [2.75, 3.05) is 20.1 Å². The van der Waals surface area contributed by atoms with E-state index in [9.17, 15) is 18.0 Å². The molecule has 1 aromatic carbocycles. The van der Waals surface area contributed by atoms with Gasteiger partial charge < -0.3 is 10.6 Å². The van der Waals surface area contributed by atoms with Crippen LogP contribution in [0.5, 0.6) is 0 Å². The summed E-state index contributed by atoms with van der Waals surface area (Å²) >= 11 is 0. The van der Waals surface area contributed by atoms with E-state index in [0.29, 0.717) is 31.6 Å². The fraction of sp³-hybridized carbons (Fsp3) is 0.364. The minimum Gasteiger partial charge on any atom is -0.352 e. The largest absolute Gasteiger partial charge is 0.352 e. The van der Waals surface area contributed by atoms with Crippen LogP contribution in [0.25, 0.3) is 0 Å². The number of nitrogens with one attached hydrogen (secondary N) is 2. The summed E-state index contributed by atoms with van der Waals surface area (Å²) in [6.45, 7) is 1.09. The first-order chi connectivity index (χ1) is 8.06. The fourth-order valence-corrected chi connectivity index (χ4v) is 1.26. The Kier molecular flexibility index (Phi) is 4.96. The lowest BCUT2D eigenvalue weighted by Crippen LogP contribution is -2.26. The van der Waals surface area contributed by atoms with Gasteiger partial charge in [0.15, 0.2) is 17.5 Å². The van der Waals surface area contributed by atoms with Crippen LogP contribution in [0, 0.1) is 17.5 Å². The maximum atomic E-state index is 12.8. The SMILES string of the molecule is CNCCCNC(=O)c1cc(F)c(F)c(F)c1. The van der Waals surface area contributed by atoms with Gasteiger partial charge in [-0.25, -0.2) is 13.2 Å². The molecule has 0 bridgehead atoms. The summed E-state index contributed by atoms with van der Waals surface area (Å²) < 4.78 is 38.3. The Morgan fingerprint density at radius 2 is 1.76 bits per heavy atom. The number of benzene rings is 1. The van der Waals surface area contributed by atoms with Crippen molar-refractivity contribution in [1.82, 2.24) is 10.6 Å². The summed E-state index contributed by atoms with van der Waals surface area (Å²) in [7, 11) is 1.77. The van der Waals surface area contributed by atoms with Gasteiger partial charge in [0.2, 0.25) is 0 Å². The maximum Gasteiger partial charge on any atom is 0.251 e. The molecule has 0 heterocycles. The van der Waals surface area contributed by atoms with Gasteiger partial charge in [-0.2, -0.15) is 0 Å². The molecule has 0 aliphatic carbocycles. The summed E-state index contributed by atoms with van der Waals surface area (Å²) in [5.41, 5.74) is -0.231. The number of carbonyl (C=O) groups excluding carboxylic acids is 1. The van der Waals surface area contributed by atoms with Crippen LogP contribution >= 0.6 is 0 Å². The van der Waals surface area contributed by atoms with Crippen molar-refractivity contribution in [2.24, 2.45) is 0 Å². The second-order valence-electron chi connectivity index (χ2n) is 3.47. The zero-order chi connectivity index (χ0) is 12.8. The Hall–Kier alpha value is -1.56. The third kappa shape index (κ3) is 3.74. The van der Waals surface area contributed by atoms with Crippen LogP contribution < -0.4 is 10.6 Å². The van der Waals surface area contributed by atoms with Gasteiger partial charge in [0, 0.05) is 12.1 Å². The molecule has 1 amide bonds. The molecule has 6 heteroatoms. The van der Waals surface area contributed by atoms with Crippen LogP contribution in [0.2, 0.25) is 0 Å². The van der Waals surface area contributed by atoms with E-state index in [0.717, 1.165) is 0 Å². The van der Waals surface area contributed by atoms with E-state index >= 15 is 0 Å². The predicted octanol–water partition coefficient (Wildman–Crippen LogP) is 1.44. The van der Waals surface area contributed by atoms with Crippen LogP contribution in [0.3, 0.4) is 0 Å². The number of carbonyl (C=O) groups is 1. The molecule has 3 nitrogen and oxygen atoms in total. The van der Waals surface area contributed by atoms with Crippen molar-refractivity contribution in [3.8, 4) is 0 Å². The van der Waals surface area contributed by atoms with Crippen molar-refractivity contribution < 1.29 is 18.0 Å². The highest BCUT2D eigenvalue weighted by atomic mass is 19.2. The minimum absolute atomic E-state index is 0.231. The van der Waals surface area contributed by atoms with E-state index in [1.165, 1.54) is 0 Å². The van der Waals surface area contributed by atoms with Crippen molar-refractivity contribution in [1.29, 1.82) is 0 Å². The van der Waals surface area contributed by atoms with E-state index in [4.69, 9.17) is 0 Å². The Morgan fingerprint density at radius 1 is 1.18 bits per heavy atom. The van der Waals surface area contributed by atoms with E-state index in [1.54, 1.807) is 7.05 Å². The Balaban J connectivity index is 2.63. The molecule has 17 heavy (non-hydrogen) atoms. The first kappa shape index (κ1) is 13.5. The minimum atomic E-state index is -1.57. The molecule has 0 radical (unpaired) electrons. The van der Waals surface area contributed by atoms with Crippen molar-refractivity contribution in [2.45, 2.75) is 6.42 Å². The molecule has 0 saturated heterocycles. The summed E-state index contributed by atoms with van der Waals surface area (Å²) in [5, 5.41) is 5.36. The zero-order valence-corrected chi connectivity index (χ0v) is 9.32. The van der Waals surface area contributed by atoms with Crippen LogP contribution in [-0.2, 0) is 0 Å². The molecule has 0 saturated carbocycles. The number of rotatable bonds is 5. The van der Waals surface area contributed by atoms with Gasteiger partial charge in [0.25, 0.3) is 5.91 Å². The second-order valence-corrected chi connectivity index (χ2v) is 3.47. The number of amides is 1. The van der Waals surface area contributed by atoms with Gasteiger partial charge in [-0.3, -0.25) is 4.79 Å². The van der Waals surface area contributed by atoms with Crippen LogP contribution in [0.4, 0.5) is 13.2 Å². The first-order valence-electron chi connectivity index (χ1n) is 5.13. The van der Waals surface area contributed by atoms with E-state index in [-0.39, 0.29) is 5.56 Å². The first-order valence-corrected chi connectivity index (χ1v) is 5.13. The third-order valence-corrected chi connectivity index (χ3v) is 2.14. The monoisotopic (exact) mass is 246 g/mol. The predicted molar refractivity (Wildman–Crippen MR) is 57.2 cm³/mol. The molecule has 1 aromatic rings. The highest BCUT2D eigenvalue weighted by Crippen LogP contribution is 2.13. The quantitative estimate of drug-likeness (QED) is 0.609. The van der Waals surface area contributed by atoms with E-state index < -0.39 is 23.4 Å². The average Bonchev–Trinajstić information content (AvgIpc) is 2.30. The lowest BCUT2D eigenvalue weighted by molar-refractivity contribution is 0.0952. The van der Waals surface area contributed by atoms with Crippen LogP contribution in [0.1, 0.15) is 16.8 Å². The van der Waals surface area contributed by atoms with Crippen LogP contribution in [-0.4, -0.2) is 26.0 Å². The summed E-state index contributed by atoms with van der Waals surface area (Å²) in [4.78, 5) is 11.4. The van der Waals surface area contributed by atoms with E-state index in [1.807, 2.05) is 0 Å². The molecule has 0 spiro atoms. The molecule has 0 aliphatic heterocycles. The van der Waals surface area contributed by atoms with Gasteiger partial charge >= 0.3 is 0 Å². The highest BCUT2D eigenvalue weighted by molar-refractivity contribution is 5.94.